The third-order valence-corrected chi connectivity index (χ3v) is 7.12. The van der Waals surface area contributed by atoms with Gasteiger partial charge in [-0.2, -0.15) is 4.31 Å². The van der Waals surface area contributed by atoms with Crippen LogP contribution in [0.3, 0.4) is 0 Å². The van der Waals surface area contributed by atoms with Gasteiger partial charge in [-0.15, -0.1) is 0 Å². The second kappa shape index (κ2) is 7.54. The summed E-state index contributed by atoms with van der Waals surface area (Å²) in [6, 6.07) is 5.13. The van der Waals surface area contributed by atoms with Crippen molar-refractivity contribution < 1.29 is 16.8 Å². The summed E-state index contributed by atoms with van der Waals surface area (Å²) in [4.78, 5) is 0.157. The van der Waals surface area contributed by atoms with E-state index in [0.717, 1.165) is 0 Å². The summed E-state index contributed by atoms with van der Waals surface area (Å²) in [5, 5.41) is 0. The molecule has 6 nitrogen and oxygen atoms in total. The van der Waals surface area contributed by atoms with Crippen LogP contribution in [0.4, 0.5) is 0 Å². The van der Waals surface area contributed by atoms with Crippen LogP contribution in [0.5, 0.6) is 0 Å². The fraction of sp³-hybridized carbons (Fsp3) is 0.571. The molecular weight excluding hydrogens is 324 g/mol. The predicted octanol–water partition coefficient (Wildman–Crippen LogP) is 1.79. The van der Waals surface area contributed by atoms with Gasteiger partial charge in [-0.1, -0.05) is 20.8 Å². The van der Waals surface area contributed by atoms with E-state index in [-0.39, 0.29) is 15.8 Å². The van der Waals surface area contributed by atoms with Gasteiger partial charge < -0.3 is 0 Å². The summed E-state index contributed by atoms with van der Waals surface area (Å²) in [5.74, 6) is 0. The number of rotatable bonds is 8. The first-order chi connectivity index (χ1) is 10.2. The van der Waals surface area contributed by atoms with Gasteiger partial charge in [0.25, 0.3) is 0 Å². The fourth-order valence-electron chi connectivity index (χ4n) is 1.92. The molecule has 0 aliphatic rings. The molecule has 1 atom stereocenters. The van der Waals surface area contributed by atoms with E-state index >= 15 is 0 Å². The van der Waals surface area contributed by atoms with E-state index in [0.29, 0.717) is 19.5 Å². The molecule has 0 heterocycles. The predicted molar refractivity (Wildman–Crippen MR) is 86.6 cm³/mol. The van der Waals surface area contributed by atoms with Crippen molar-refractivity contribution in [2.24, 2.45) is 0 Å². The molecule has 0 saturated carbocycles. The van der Waals surface area contributed by atoms with Crippen molar-refractivity contribution >= 4 is 20.0 Å². The van der Waals surface area contributed by atoms with Gasteiger partial charge in [0.1, 0.15) is 0 Å². The molecule has 0 unspecified atom stereocenters. The molecule has 0 radical (unpaired) electrons. The zero-order chi connectivity index (χ0) is 17.0. The maximum absolute atomic E-state index is 12.3. The highest BCUT2D eigenvalue weighted by atomic mass is 32.2. The number of benzene rings is 1. The smallest absolute Gasteiger partial charge is 0.208 e. The Bertz CT molecular complexity index is 678. The van der Waals surface area contributed by atoms with Crippen molar-refractivity contribution in [2.75, 3.05) is 13.1 Å². The zero-order valence-corrected chi connectivity index (χ0v) is 15.0. The van der Waals surface area contributed by atoms with E-state index in [1.54, 1.807) is 20.8 Å². The van der Waals surface area contributed by atoms with Crippen LogP contribution in [-0.4, -0.2) is 40.3 Å². The second-order valence-electron chi connectivity index (χ2n) is 4.99. The maximum atomic E-state index is 12.3. The van der Waals surface area contributed by atoms with Crippen LogP contribution in [0.1, 0.15) is 34.1 Å². The van der Waals surface area contributed by atoms with E-state index in [4.69, 9.17) is 0 Å². The average molecular weight is 348 g/mol. The van der Waals surface area contributed by atoms with Crippen LogP contribution in [-0.2, 0) is 20.0 Å². The number of sulfonamides is 2. The van der Waals surface area contributed by atoms with Gasteiger partial charge in [-0.3, -0.25) is 0 Å². The lowest BCUT2D eigenvalue weighted by Gasteiger charge is -2.18. The van der Waals surface area contributed by atoms with Crippen LogP contribution in [0, 0.1) is 0 Å². The minimum absolute atomic E-state index is 0.0614. The highest BCUT2D eigenvalue weighted by Gasteiger charge is 2.23. The molecule has 126 valence electrons. The Morgan fingerprint density at radius 1 is 0.955 bits per heavy atom. The molecule has 8 heteroatoms. The molecule has 0 aliphatic carbocycles. The maximum Gasteiger partial charge on any atom is 0.243 e. The van der Waals surface area contributed by atoms with Gasteiger partial charge in [0, 0.05) is 19.1 Å². The van der Waals surface area contributed by atoms with Gasteiger partial charge in [-0.25, -0.2) is 21.6 Å². The van der Waals surface area contributed by atoms with E-state index in [1.165, 1.54) is 28.6 Å². The fourth-order valence-corrected chi connectivity index (χ4v) is 4.70. The number of hydrogen-bond acceptors (Lipinski definition) is 4. The molecule has 0 fully saturated rings. The van der Waals surface area contributed by atoms with Crippen molar-refractivity contribution in [1.82, 2.24) is 9.03 Å². The highest BCUT2D eigenvalue weighted by Crippen LogP contribution is 2.18. The number of nitrogens with zero attached hydrogens (tertiary/aromatic N) is 1. The highest BCUT2D eigenvalue weighted by molar-refractivity contribution is 7.89. The Morgan fingerprint density at radius 3 is 1.82 bits per heavy atom. The van der Waals surface area contributed by atoms with Gasteiger partial charge >= 0.3 is 0 Å². The van der Waals surface area contributed by atoms with Crippen molar-refractivity contribution in [2.45, 2.75) is 49.9 Å². The molecule has 0 saturated heterocycles. The lowest BCUT2D eigenvalue weighted by molar-refractivity contribution is 0.445. The van der Waals surface area contributed by atoms with Crippen LogP contribution >= 0.6 is 0 Å². The van der Waals surface area contributed by atoms with Gasteiger partial charge in [-0.05, 0) is 37.6 Å². The first kappa shape index (κ1) is 19.1. The first-order valence-corrected chi connectivity index (χ1v) is 10.2. The Balaban J connectivity index is 3.10. The van der Waals surface area contributed by atoms with Crippen molar-refractivity contribution in [3.63, 3.8) is 0 Å². The second-order valence-corrected chi connectivity index (χ2v) is 8.64. The van der Waals surface area contributed by atoms with E-state index in [9.17, 15) is 16.8 Å². The largest absolute Gasteiger partial charge is 0.243 e. The molecule has 1 aromatic carbocycles. The molecule has 1 rings (SSSR count). The monoisotopic (exact) mass is 348 g/mol. The standard InChI is InChI=1S/C14H24N2O4S2/c1-5-12(4)15-21(17,18)13-8-10-14(11-9-13)22(19,20)16(6-2)7-3/h8-12,15H,5-7H2,1-4H3/t12-/m1/s1. The Hall–Kier alpha value is -0.960. The summed E-state index contributed by atoms with van der Waals surface area (Å²) in [6.45, 7) is 7.92. The first-order valence-electron chi connectivity index (χ1n) is 7.31. The summed E-state index contributed by atoms with van der Waals surface area (Å²) in [7, 11) is -7.20. The molecule has 0 aliphatic heterocycles. The van der Waals surface area contributed by atoms with Crippen LogP contribution in [0.2, 0.25) is 0 Å². The number of hydrogen-bond donors (Lipinski definition) is 1. The Kier molecular flexibility index (Phi) is 6.54. The van der Waals surface area contributed by atoms with Crippen molar-refractivity contribution in [1.29, 1.82) is 0 Å². The SMILES string of the molecule is CC[C@@H](C)NS(=O)(=O)c1ccc(S(=O)(=O)N(CC)CC)cc1. The quantitative estimate of drug-likeness (QED) is 0.776. The van der Waals surface area contributed by atoms with Crippen LogP contribution in [0.25, 0.3) is 0 Å². The van der Waals surface area contributed by atoms with Gasteiger partial charge in [0.15, 0.2) is 0 Å². The van der Waals surface area contributed by atoms with E-state index < -0.39 is 20.0 Å². The molecule has 0 bridgehead atoms. The van der Waals surface area contributed by atoms with Gasteiger partial charge in [0.2, 0.25) is 20.0 Å². The molecule has 0 spiro atoms. The number of nitrogens with one attached hydrogen (secondary N) is 1. The van der Waals surface area contributed by atoms with Crippen molar-refractivity contribution in [3.05, 3.63) is 24.3 Å². The lowest BCUT2D eigenvalue weighted by atomic mass is 10.3. The summed E-state index contributed by atoms with van der Waals surface area (Å²) in [6.07, 6.45) is 0.674. The summed E-state index contributed by atoms with van der Waals surface area (Å²) < 4.78 is 52.8. The lowest BCUT2D eigenvalue weighted by Crippen LogP contribution is -2.32. The molecule has 0 amide bonds. The topological polar surface area (TPSA) is 83.5 Å². The third kappa shape index (κ3) is 4.28. The van der Waals surface area contributed by atoms with Gasteiger partial charge in [0.05, 0.1) is 9.79 Å². The normalized spacial score (nSPS) is 14.2. The Morgan fingerprint density at radius 2 is 1.41 bits per heavy atom. The van der Waals surface area contributed by atoms with E-state index in [2.05, 4.69) is 4.72 Å². The minimum atomic E-state index is -3.62. The summed E-state index contributed by atoms with van der Waals surface area (Å²) >= 11 is 0. The molecule has 22 heavy (non-hydrogen) atoms. The summed E-state index contributed by atoms with van der Waals surface area (Å²) in [5.41, 5.74) is 0. The van der Waals surface area contributed by atoms with Crippen molar-refractivity contribution in [3.8, 4) is 0 Å². The molecule has 1 N–H and O–H groups in total. The van der Waals surface area contributed by atoms with Crippen LogP contribution < -0.4 is 4.72 Å². The van der Waals surface area contributed by atoms with Crippen LogP contribution in [0.15, 0.2) is 34.1 Å². The zero-order valence-electron chi connectivity index (χ0n) is 13.4. The molecular formula is C14H24N2O4S2. The third-order valence-electron chi connectivity index (χ3n) is 3.45. The molecule has 1 aromatic rings. The van der Waals surface area contributed by atoms with E-state index in [1.807, 2.05) is 6.92 Å². The molecule has 0 aromatic heterocycles. The minimum Gasteiger partial charge on any atom is -0.208 e. The Labute approximate surface area is 133 Å². The average Bonchev–Trinajstić information content (AvgIpc) is 2.47.